The second-order valence-electron chi connectivity index (χ2n) is 5.10. The van der Waals surface area contributed by atoms with Gasteiger partial charge in [-0.2, -0.15) is 0 Å². The van der Waals surface area contributed by atoms with Gasteiger partial charge in [-0.3, -0.25) is 4.79 Å². The quantitative estimate of drug-likeness (QED) is 0.749. The molecule has 1 aromatic carbocycles. The summed E-state index contributed by atoms with van der Waals surface area (Å²) in [6.07, 6.45) is 2.84. The van der Waals surface area contributed by atoms with Crippen molar-refractivity contribution in [3.8, 4) is 0 Å². The van der Waals surface area contributed by atoms with Crippen LogP contribution in [0.4, 0.5) is 0 Å². The third kappa shape index (κ3) is 2.67. The maximum atomic E-state index is 12.1. The van der Waals surface area contributed by atoms with Crippen LogP contribution in [0.1, 0.15) is 22.8 Å². The summed E-state index contributed by atoms with van der Waals surface area (Å²) in [6, 6.07) is 10.0. The molecule has 0 saturated carbocycles. The van der Waals surface area contributed by atoms with E-state index in [2.05, 4.69) is 40.8 Å². The molecule has 104 valence electrons. The first kappa shape index (κ1) is 13.8. The van der Waals surface area contributed by atoms with Crippen LogP contribution in [0.2, 0.25) is 0 Å². The molecule has 4 heteroatoms. The SMILES string of the molecule is Cc1cc(=O)n(CC2OCCc3ccccc32)cc1I. The first-order valence-electron chi connectivity index (χ1n) is 6.71. The van der Waals surface area contributed by atoms with E-state index in [4.69, 9.17) is 4.74 Å². The fraction of sp³-hybridized carbons (Fsp3) is 0.312. The summed E-state index contributed by atoms with van der Waals surface area (Å²) in [7, 11) is 0. The Kier molecular flexibility index (Phi) is 3.94. The molecule has 0 spiro atoms. The second kappa shape index (κ2) is 5.69. The largest absolute Gasteiger partial charge is 0.371 e. The Hall–Kier alpha value is -1.14. The predicted molar refractivity (Wildman–Crippen MR) is 87.0 cm³/mol. The van der Waals surface area contributed by atoms with Gasteiger partial charge in [-0.05, 0) is 52.6 Å². The average molecular weight is 381 g/mol. The molecule has 0 radical (unpaired) electrons. The van der Waals surface area contributed by atoms with Crippen molar-refractivity contribution in [3.05, 3.63) is 67.1 Å². The number of ether oxygens (including phenoxy) is 1. The molecule has 0 saturated heterocycles. The molecule has 1 unspecified atom stereocenters. The Morgan fingerprint density at radius 2 is 2.20 bits per heavy atom. The topological polar surface area (TPSA) is 31.2 Å². The summed E-state index contributed by atoms with van der Waals surface area (Å²) in [6.45, 7) is 3.26. The Balaban J connectivity index is 1.93. The van der Waals surface area contributed by atoms with Crippen LogP contribution in [0.3, 0.4) is 0 Å². The summed E-state index contributed by atoms with van der Waals surface area (Å²) >= 11 is 2.26. The van der Waals surface area contributed by atoms with E-state index in [9.17, 15) is 4.79 Å². The number of benzene rings is 1. The molecule has 2 heterocycles. The summed E-state index contributed by atoms with van der Waals surface area (Å²) in [5, 5.41) is 0. The standard InChI is InChI=1S/C16H16INO2/c1-11-8-16(19)18(9-14(11)17)10-15-13-5-3-2-4-12(13)6-7-20-15/h2-5,8-9,15H,6-7,10H2,1H3. The Labute approximate surface area is 131 Å². The van der Waals surface area contributed by atoms with E-state index in [1.807, 2.05) is 19.2 Å². The fourth-order valence-electron chi connectivity index (χ4n) is 2.59. The van der Waals surface area contributed by atoms with Crippen molar-refractivity contribution < 1.29 is 4.74 Å². The van der Waals surface area contributed by atoms with E-state index in [1.165, 1.54) is 11.1 Å². The van der Waals surface area contributed by atoms with Gasteiger partial charge in [0.25, 0.3) is 5.56 Å². The summed E-state index contributed by atoms with van der Waals surface area (Å²) in [5.74, 6) is 0. The van der Waals surface area contributed by atoms with E-state index in [0.29, 0.717) is 6.54 Å². The number of aryl methyl sites for hydroxylation is 1. The maximum absolute atomic E-state index is 12.1. The van der Waals surface area contributed by atoms with Crippen LogP contribution in [-0.2, 0) is 17.7 Å². The zero-order valence-corrected chi connectivity index (χ0v) is 13.5. The molecule has 0 bridgehead atoms. The average Bonchev–Trinajstić information content (AvgIpc) is 2.45. The molecule has 1 atom stereocenters. The number of hydrogen-bond acceptors (Lipinski definition) is 2. The van der Waals surface area contributed by atoms with E-state index in [0.717, 1.165) is 22.2 Å². The van der Waals surface area contributed by atoms with Gasteiger partial charge in [0.15, 0.2) is 0 Å². The maximum Gasteiger partial charge on any atom is 0.250 e. The molecular weight excluding hydrogens is 365 g/mol. The molecule has 0 fully saturated rings. The highest BCUT2D eigenvalue weighted by atomic mass is 127. The van der Waals surface area contributed by atoms with Crippen molar-refractivity contribution in [1.29, 1.82) is 0 Å². The Morgan fingerprint density at radius 3 is 3.05 bits per heavy atom. The molecule has 1 aromatic heterocycles. The Morgan fingerprint density at radius 1 is 1.40 bits per heavy atom. The summed E-state index contributed by atoms with van der Waals surface area (Å²) in [4.78, 5) is 12.1. The Bertz CT molecular complexity index is 693. The normalized spacial score (nSPS) is 17.8. The molecule has 20 heavy (non-hydrogen) atoms. The molecule has 0 N–H and O–H groups in total. The number of halogens is 1. The van der Waals surface area contributed by atoms with Crippen LogP contribution >= 0.6 is 22.6 Å². The minimum atomic E-state index is -0.0313. The van der Waals surface area contributed by atoms with Gasteiger partial charge in [0.2, 0.25) is 0 Å². The molecule has 2 aromatic rings. The van der Waals surface area contributed by atoms with Crippen molar-refractivity contribution in [2.75, 3.05) is 6.61 Å². The lowest BCUT2D eigenvalue weighted by molar-refractivity contribution is 0.0299. The van der Waals surface area contributed by atoms with E-state index in [-0.39, 0.29) is 11.7 Å². The molecule has 0 aliphatic carbocycles. The molecule has 3 rings (SSSR count). The van der Waals surface area contributed by atoms with Crippen LogP contribution in [0.5, 0.6) is 0 Å². The number of fused-ring (bicyclic) bond motifs is 1. The lowest BCUT2D eigenvalue weighted by atomic mass is 9.97. The van der Waals surface area contributed by atoms with Crippen LogP contribution < -0.4 is 5.56 Å². The number of rotatable bonds is 2. The smallest absolute Gasteiger partial charge is 0.250 e. The zero-order valence-electron chi connectivity index (χ0n) is 11.3. The van der Waals surface area contributed by atoms with E-state index < -0.39 is 0 Å². The van der Waals surface area contributed by atoms with Crippen molar-refractivity contribution in [1.82, 2.24) is 4.57 Å². The van der Waals surface area contributed by atoms with Gasteiger partial charge in [0, 0.05) is 15.8 Å². The lowest BCUT2D eigenvalue weighted by Gasteiger charge is -2.26. The van der Waals surface area contributed by atoms with Crippen LogP contribution in [0.25, 0.3) is 0 Å². The molecule has 1 aliphatic heterocycles. The van der Waals surface area contributed by atoms with Gasteiger partial charge >= 0.3 is 0 Å². The van der Waals surface area contributed by atoms with Crippen molar-refractivity contribution in [3.63, 3.8) is 0 Å². The molecule has 1 aliphatic rings. The molecular formula is C16H16INO2. The highest BCUT2D eigenvalue weighted by molar-refractivity contribution is 14.1. The van der Waals surface area contributed by atoms with Gasteiger partial charge < -0.3 is 9.30 Å². The van der Waals surface area contributed by atoms with Crippen molar-refractivity contribution >= 4 is 22.6 Å². The minimum Gasteiger partial charge on any atom is -0.371 e. The molecule has 0 amide bonds. The number of aromatic nitrogens is 1. The van der Waals surface area contributed by atoms with Gasteiger partial charge in [-0.15, -0.1) is 0 Å². The highest BCUT2D eigenvalue weighted by Gasteiger charge is 2.21. The zero-order chi connectivity index (χ0) is 14.1. The number of nitrogens with zero attached hydrogens (tertiary/aromatic N) is 1. The number of pyridine rings is 1. The van der Waals surface area contributed by atoms with Gasteiger partial charge in [-0.25, -0.2) is 0 Å². The fourth-order valence-corrected chi connectivity index (χ4v) is 3.08. The number of hydrogen-bond donors (Lipinski definition) is 0. The van der Waals surface area contributed by atoms with Gasteiger partial charge in [-0.1, -0.05) is 24.3 Å². The predicted octanol–water partition coefficient (Wildman–Crippen LogP) is 3.08. The first-order chi connectivity index (χ1) is 9.65. The van der Waals surface area contributed by atoms with E-state index in [1.54, 1.807) is 10.6 Å². The van der Waals surface area contributed by atoms with Crippen LogP contribution in [-0.4, -0.2) is 11.2 Å². The monoisotopic (exact) mass is 381 g/mol. The van der Waals surface area contributed by atoms with Crippen molar-refractivity contribution in [2.24, 2.45) is 0 Å². The summed E-state index contributed by atoms with van der Waals surface area (Å²) in [5.41, 5.74) is 3.60. The van der Waals surface area contributed by atoms with E-state index >= 15 is 0 Å². The van der Waals surface area contributed by atoms with Gasteiger partial charge in [0.05, 0.1) is 13.2 Å². The first-order valence-corrected chi connectivity index (χ1v) is 7.79. The minimum absolute atomic E-state index is 0.0313. The van der Waals surface area contributed by atoms with Crippen LogP contribution in [0.15, 0.2) is 41.3 Å². The van der Waals surface area contributed by atoms with Crippen molar-refractivity contribution in [2.45, 2.75) is 26.0 Å². The third-order valence-electron chi connectivity index (χ3n) is 3.72. The second-order valence-corrected chi connectivity index (χ2v) is 6.27. The molecule has 3 nitrogen and oxygen atoms in total. The lowest BCUT2D eigenvalue weighted by Crippen LogP contribution is -2.27. The third-order valence-corrected chi connectivity index (χ3v) is 4.85. The highest BCUT2D eigenvalue weighted by Crippen LogP contribution is 2.28. The van der Waals surface area contributed by atoms with Crippen LogP contribution in [0, 0.1) is 10.5 Å². The van der Waals surface area contributed by atoms with Gasteiger partial charge in [0.1, 0.15) is 6.10 Å². The summed E-state index contributed by atoms with van der Waals surface area (Å²) < 4.78 is 8.73.